The third kappa shape index (κ3) is 6.36. The van der Waals surface area contributed by atoms with Crippen molar-refractivity contribution in [2.45, 2.75) is 32.7 Å². The average molecular weight is 367 g/mol. The standard InChI is InChI=1S/C22H30N4O/c1-19(27)24-18-21-10-8-20(9-11-21)6-3-5-13-25-14-16-26(17-15-25)22-7-2-4-12-23-22/h2,4,7-12H,3,5-6,13-18H2,1H3,(H,24,27). The number of hydrogen-bond acceptors (Lipinski definition) is 4. The second-order valence-electron chi connectivity index (χ2n) is 7.20. The minimum absolute atomic E-state index is 0.0138. The zero-order valence-corrected chi connectivity index (χ0v) is 16.2. The van der Waals surface area contributed by atoms with Crippen LogP contribution in [0.4, 0.5) is 5.82 Å². The van der Waals surface area contributed by atoms with Crippen molar-refractivity contribution in [2.75, 3.05) is 37.6 Å². The number of piperazine rings is 1. The summed E-state index contributed by atoms with van der Waals surface area (Å²) in [4.78, 5) is 20.3. The van der Waals surface area contributed by atoms with Gasteiger partial charge in [0.05, 0.1) is 0 Å². The Morgan fingerprint density at radius 2 is 1.74 bits per heavy atom. The largest absolute Gasteiger partial charge is 0.354 e. The molecule has 0 atom stereocenters. The highest BCUT2D eigenvalue weighted by Crippen LogP contribution is 2.13. The first-order valence-corrected chi connectivity index (χ1v) is 9.91. The van der Waals surface area contributed by atoms with Crippen molar-refractivity contribution >= 4 is 11.7 Å². The smallest absolute Gasteiger partial charge is 0.217 e. The van der Waals surface area contributed by atoms with Gasteiger partial charge < -0.3 is 10.2 Å². The predicted octanol–water partition coefficient (Wildman–Crippen LogP) is 2.86. The molecule has 5 heteroatoms. The molecule has 0 bridgehead atoms. The summed E-state index contributed by atoms with van der Waals surface area (Å²) in [5, 5.41) is 2.83. The summed E-state index contributed by atoms with van der Waals surface area (Å²) < 4.78 is 0. The second kappa shape index (κ2) is 10.1. The highest BCUT2D eigenvalue weighted by atomic mass is 16.1. The normalized spacial score (nSPS) is 14.9. The number of anilines is 1. The summed E-state index contributed by atoms with van der Waals surface area (Å²) in [7, 11) is 0. The number of pyridine rings is 1. The minimum atomic E-state index is 0.0138. The lowest BCUT2D eigenvalue weighted by atomic mass is 10.1. The molecule has 0 radical (unpaired) electrons. The number of benzene rings is 1. The fourth-order valence-electron chi connectivity index (χ4n) is 3.46. The van der Waals surface area contributed by atoms with Crippen LogP contribution in [0.15, 0.2) is 48.7 Å². The lowest BCUT2D eigenvalue weighted by molar-refractivity contribution is -0.119. The Bertz CT molecular complexity index is 694. The number of unbranched alkanes of at least 4 members (excludes halogenated alkanes) is 1. The maximum Gasteiger partial charge on any atom is 0.217 e. The average Bonchev–Trinajstić information content (AvgIpc) is 2.71. The summed E-state index contributed by atoms with van der Waals surface area (Å²) in [6.45, 7) is 7.70. The molecule has 0 spiro atoms. The predicted molar refractivity (Wildman–Crippen MR) is 110 cm³/mol. The zero-order valence-electron chi connectivity index (χ0n) is 16.2. The Morgan fingerprint density at radius 3 is 2.41 bits per heavy atom. The topological polar surface area (TPSA) is 48.5 Å². The summed E-state index contributed by atoms with van der Waals surface area (Å²) in [5.74, 6) is 1.11. The lowest BCUT2D eigenvalue weighted by Gasteiger charge is -2.35. The van der Waals surface area contributed by atoms with Gasteiger partial charge in [-0.05, 0) is 49.1 Å². The van der Waals surface area contributed by atoms with E-state index in [4.69, 9.17) is 0 Å². The first-order valence-electron chi connectivity index (χ1n) is 9.91. The van der Waals surface area contributed by atoms with E-state index >= 15 is 0 Å². The molecule has 0 aliphatic carbocycles. The van der Waals surface area contributed by atoms with Crippen LogP contribution in [-0.2, 0) is 17.8 Å². The monoisotopic (exact) mass is 366 g/mol. The molecule has 1 fully saturated rings. The molecule has 1 aromatic heterocycles. The molecule has 1 aromatic carbocycles. The van der Waals surface area contributed by atoms with E-state index < -0.39 is 0 Å². The Morgan fingerprint density at radius 1 is 1.00 bits per heavy atom. The van der Waals surface area contributed by atoms with E-state index in [2.05, 4.69) is 56.5 Å². The minimum Gasteiger partial charge on any atom is -0.354 e. The van der Waals surface area contributed by atoms with Crippen molar-refractivity contribution in [3.8, 4) is 0 Å². The fourth-order valence-corrected chi connectivity index (χ4v) is 3.46. The fraction of sp³-hybridized carbons (Fsp3) is 0.455. The van der Waals surface area contributed by atoms with Gasteiger partial charge in [0.25, 0.3) is 0 Å². The zero-order chi connectivity index (χ0) is 18.9. The number of rotatable bonds is 8. The SMILES string of the molecule is CC(=O)NCc1ccc(CCCCN2CCN(c3ccccn3)CC2)cc1. The molecule has 5 nitrogen and oxygen atoms in total. The van der Waals surface area contributed by atoms with Crippen LogP contribution in [0, 0.1) is 0 Å². The molecule has 2 aromatic rings. The Kier molecular flexibility index (Phi) is 7.22. The summed E-state index contributed by atoms with van der Waals surface area (Å²) >= 11 is 0. The van der Waals surface area contributed by atoms with Crippen LogP contribution in [0.25, 0.3) is 0 Å². The van der Waals surface area contributed by atoms with E-state index in [0.29, 0.717) is 6.54 Å². The van der Waals surface area contributed by atoms with Crippen molar-refractivity contribution < 1.29 is 4.79 Å². The van der Waals surface area contributed by atoms with E-state index in [-0.39, 0.29) is 5.91 Å². The highest BCUT2D eigenvalue weighted by Gasteiger charge is 2.17. The van der Waals surface area contributed by atoms with E-state index in [1.807, 2.05) is 12.3 Å². The Hall–Kier alpha value is -2.40. The van der Waals surface area contributed by atoms with E-state index in [1.165, 1.54) is 24.9 Å². The molecular formula is C22H30N4O. The molecule has 1 amide bonds. The maximum atomic E-state index is 11.0. The first kappa shape index (κ1) is 19.4. The molecule has 1 aliphatic rings. The van der Waals surface area contributed by atoms with Crippen LogP contribution in [0.1, 0.15) is 30.9 Å². The number of carbonyl (C=O) groups is 1. The third-order valence-corrected chi connectivity index (χ3v) is 5.10. The number of nitrogens with one attached hydrogen (secondary N) is 1. The number of aromatic nitrogens is 1. The van der Waals surface area contributed by atoms with Gasteiger partial charge in [-0.2, -0.15) is 0 Å². The van der Waals surface area contributed by atoms with Crippen molar-refractivity contribution in [2.24, 2.45) is 0 Å². The van der Waals surface area contributed by atoms with E-state index in [1.54, 1.807) is 6.92 Å². The van der Waals surface area contributed by atoms with Gasteiger partial charge in [-0.25, -0.2) is 4.98 Å². The van der Waals surface area contributed by atoms with Gasteiger partial charge in [-0.15, -0.1) is 0 Å². The van der Waals surface area contributed by atoms with Gasteiger partial charge in [-0.1, -0.05) is 30.3 Å². The van der Waals surface area contributed by atoms with Crippen LogP contribution in [0.5, 0.6) is 0 Å². The quantitative estimate of drug-likeness (QED) is 0.730. The second-order valence-corrected chi connectivity index (χ2v) is 7.20. The van der Waals surface area contributed by atoms with Crippen LogP contribution >= 0.6 is 0 Å². The summed E-state index contributed by atoms with van der Waals surface area (Å²) in [6, 6.07) is 14.7. The van der Waals surface area contributed by atoms with E-state index in [9.17, 15) is 4.79 Å². The molecule has 1 saturated heterocycles. The number of amides is 1. The van der Waals surface area contributed by atoms with Crippen LogP contribution in [0.3, 0.4) is 0 Å². The molecule has 27 heavy (non-hydrogen) atoms. The lowest BCUT2D eigenvalue weighted by Crippen LogP contribution is -2.46. The number of carbonyl (C=O) groups excluding carboxylic acids is 1. The summed E-state index contributed by atoms with van der Waals surface area (Å²) in [5.41, 5.74) is 2.53. The van der Waals surface area contributed by atoms with Crippen molar-refractivity contribution in [1.82, 2.24) is 15.2 Å². The molecule has 2 heterocycles. The van der Waals surface area contributed by atoms with Crippen LogP contribution in [0.2, 0.25) is 0 Å². The van der Waals surface area contributed by atoms with Gasteiger partial charge in [0.15, 0.2) is 0 Å². The van der Waals surface area contributed by atoms with Gasteiger partial charge >= 0.3 is 0 Å². The molecule has 1 N–H and O–H groups in total. The Labute approximate surface area is 162 Å². The van der Waals surface area contributed by atoms with Crippen LogP contribution in [-0.4, -0.2) is 48.5 Å². The van der Waals surface area contributed by atoms with E-state index in [0.717, 1.165) is 44.0 Å². The molecule has 1 aliphatic heterocycles. The number of nitrogens with zero attached hydrogens (tertiary/aromatic N) is 3. The van der Waals surface area contributed by atoms with Gasteiger partial charge in [0.2, 0.25) is 5.91 Å². The maximum absolute atomic E-state index is 11.0. The van der Waals surface area contributed by atoms with Gasteiger partial charge in [0, 0.05) is 45.8 Å². The number of hydrogen-bond donors (Lipinski definition) is 1. The number of aryl methyl sites for hydroxylation is 1. The molecule has 144 valence electrons. The first-order chi connectivity index (χ1) is 13.2. The molecule has 0 saturated carbocycles. The third-order valence-electron chi connectivity index (χ3n) is 5.10. The summed E-state index contributed by atoms with van der Waals surface area (Å²) in [6.07, 6.45) is 5.44. The van der Waals surface area contributed by atoms with Gasteiger partial charge in [0.1, 0.15) is 5.82 Å². The molecule has 3 rings (SSSR count). The van der Waals surface area contributed by atoms with Crippen molar-refractivity contribution in [3.05, 3.63) is 59.8 Å². The van der Waals surface area contributed by atoms with Crippen molar-refractivity contribution in [3.63, 3.8) is 0 Å². The molecule has 0 unspecified atom stereocenters. The van der Waals surface area contributed by atoms with Crippen molar-refractivity contribution in [1.29, 1.82) is 0 Å². The van der Waals surface area contributed by atoms with Crippen LogP contribution < -0.4 is 10.2 Å². The highest BCUT2D eigenvalue weighted by molar-refractivity contribution is 5.72. The Balaban J connectivity index is 1.31. The molecular weight excluding hydrogens is 336 g/mol. The van der Waals surface area contributed by atoms with Gasteiger partial charge in [-0.3, -0.25) is 9.69 Å².